The smallest absolute Gasteiger partial charge is 0.241 e. The van der Waals surface area contributed by atoms with Crippen LogP contribution in [0.1, 0.15) is 20.3 Å². The van der Waals surface area contributed by atoms with Crippen molar-refractivity contribution in [3.05, 3.63) is 23.2 Å². The van der Waals surface area contributed by atoms with Gasteiger partial charge in [-0.25, -0.2) is 0 Å². The fraction of sp³-hybridized carbons (Fsp3) is 0.533. The number of hydrogen-bond acceptors (Lipinski definition) is 4. The Kier molecular flexibility index (Phi) is 5.45. The molecule has 5 nitrogen and oxygen atoms in total. The van der Waals surface area contributed by atoms with Crippen molar-refractivity contribution in [2.45, 2.75) is 32.4 Å². The minimum absolute atomic E-state index is 0.0654. The molecule has 1 saturated heterocycles. The second-order valence-electron chi connectivity index (χ2n) is 5.27. The van der Waals surface area contributed by atoms with Crippen molar-refractivity contribution in [1.82, 2.24) is 4.90 Å². The fourth-order valence-corrected chi connectivity index (χ4v) is 2.75. The second-order valence-corrected chi connectivity index (χ2v) is 5.71. The molecule has 0 aliphatic carbocycles. The van der Waals surface area contributed by atoms with Gasteiger partial charge in [-0.05, 0) is 31.5 Å². The zero-order valence-corrected chi connectivity index (χ0v) is 13.2. The molecule has 21 heavy (non-hydrogen) atoms. The molecule has 0 bridgehead atoms. The quantitative estimate of drug-likeness (QED) is 0.838. The summed E-state index contributed by atoms with van der Waals surface area (Å²) >= 11 is 5.86. The highest BCUT2D eigenvalue weighted by Gasteiger charge is 2.29. The van der Waals surface area contributed by atoms with E-state index in [1.807, 2.05) is 6.92 Å². The number of amides is 1. The van der Waals surface area contributed by atoms with Crippen LogP contribution < -0.4 is 11.1 Å². The molecule has 1 heterocycles. The third-order valence-corrected chi connectivity index (χ3v) is 4.13. The molecule has 2 unspecified atom stereocenters. The van der Waals surface area contributed by atoms with Crippen LogP contribution in [0.15, 0.2) is 18.2 Å². The van der Waals surface area contributed by atoms with Crippen LogP contribution in [0.25, 0.3) is 0 Å². The molecule has 116 valence electrons. The predicted molar refractivity (Wildman–Crippen MR) is 85.6 cm³/mol. The minimum atomic E-state index is -0.228. The van der Waals surface area contributed by atoms with Crippen molar-refractivity contribution in [2.24, 2.45) is 0 Å². The molecule has 1 aliphatic rings. The molecule has 0 saturated carbocycles. The van der Waals surface area contributed by atoms with Crippen LogP contribution in [-0.4, -0.2) is 42.6 Å². The normalized spacial score (nSPS) is 21.0. The number of hydrogen-bond donors (Lipinski definition) is 2. The van der Waals surface area contributed by atoms with E-state index in [4.69, 9.17) is 22.1 Å². The number of anilines is 2. The van der Waals surface area contributed by atoms with Gasteiger partial charge in [0.05, 0.1) is 30.6 Å². The summed E-state index contributed by atoms with van der Waals surface area (Å²) in [7, 11) is 0. The minimum Gasteiger partial charge on any atom is -0.397 e. The molecular formula is C15H22ClN3O2. The lowest BCUT2D eigenvalue weighted by Crippen LogP contribution is -2.53. The largest absolute Gasteiger partial charge is 0.397 e. The first kappa shape index (κ1) is 16.1. The van der Waals surface area contributed by atoms with Gasteiger partial charge >= 0.3 is 0 Å². The Balaban J connectivity index is 2.04. The first-order valence-corrected chi connectivity index (χ1v) is 7.60. The Bertz CT molecular complexity index is 510. The van der Waals surface area contributed by atoms with Crippen molar-refractivity contribution in [3.8, 4) is 0 Å². The zero-order valence-electron chi connectivity index (χ0n) is 12.4. The molecule has 2 rings (SSSR count). The third-order valence-electron chi connectivity index (χ3n) is 3.89. The molecule has 1 aromatic carbocycles. The first-order valence-electron chi connectivity index (χ1n) is 7.22. The van der Waals surface area contributed by atoms with E-state index in [1.54, 1.807) is 18.2 Å². The van der Waals surface area contributed by atoms with Crippen LogP contribution in [0.4, 0.5) is 11.4 Å². The standard InChI is InChI=1S/C15H22ClN3O2/c1-3-12-9-21-7-6-19(12)10(2)15(20)18-14-5-4-11(16)8-13(14)17/h4-5,8,10,12H,3,6-7,9,17H2,1-2H3,(H,18,20). The van der Waals surface area contributed by atoms with Gasteiger partial charge in [0.2, 0.25) is 5.91 Å². The lowest BCUT2D eigenvalue weighted by molar-refractivity contribution is -0.124. The van der Waals surface area contributed by atoms with E-state index in [9.17, 15) is 4.79 Å². The number of carbonyl (C=O) groups is 1. The molecular weight excluding hydrogens is 290 g/mol. The maximum absolute atomic E-state index is 12.4. The van der Waals surface area contributed by atoms with Crippen LogP contribution >= 0.6 is 11.6 Å². The van der Waals surface area contributed by atoms with E-state index >= 15 is 0 Å². The number of nitrogens with two attached hydrogens (primary N) is 1. The lowest BCUT2D eigenvalue weighted by Gasteiger charge is -2.38. The van der Waals surface area contributed by atoms with Crippen molar-refractivity contribution in [2.75, 3.05) is 30.8 Å². The highest BCUT2D eigenvalue weighted by molar-refractivity contribution is 6.31. The van der Waals surface area contributed by atoms with E-state index in [-0.39, 0.29) is 18.0 Å². The van der Waals surface area contributed by atoms with Crippen molar-refractivity contribution >= 4 is 28.9 Å². The van der Waals surface area contributed by atoms with Gasteiger partial charge in [0.25, 0.3) is 0 Å². The maximum Gasteiger partial charge on any atom is 0.241 e. The average Bonchev–Trinajstić information content (AvgIpc) is 2.49. The van der Waals surface area contributed by atoms with Gasteiger partial charge in [0.15, 0.2) is 0 Å². The van der Waals surface area contributed by atoms with E-state index in [1.165, 1.54) is 0 Å². The summed E-state index contributed by atoms with van der Waals surface area (Å²) < 4.78 is 5.48. The zero-order chi connectivity index (χ0) is 15.4. The molecule has 1 aromatic rings. The summed E-state index contributed by atoms with van der Waals surface area (Å²) in [6.45, 7) is 6.13. The monoisotopic (exact) mass is 311 g/mol. The maximum atomic E-state index is 12.4. The number of benzene rings is 1. The second kappa shape index (κ2) is 7.11. The lowest BCUT2D eigenvalue weighted by atomic mass is 10.1. The summed E-state index contributed by atoms with van der Waals surface area (Å²) in [5.74, 6) is -0.0654. The Morgan fingerprint density at radius 1 is 1.62 bits per heavy atom. The first-order chi connectivity index (χ1) is 10.0. The molecule has 1 aliphatic heterocycles. The van der Waals surface area contributed by atoms with Gasteiger partial charge < -0.3 is 15.8 Å². The van der Waals surface area contributed by atoms with E-state index in [0.29, 0.717) is 29.6 Å². The van der Waals surface area contributed by atoms with Gasteiger partial charge in [0.1, 0.15) is 0 Å². The van der Waals surface area contributed by atoms with Crippen LogP contribution in [0, 0.1) is 0 Å². The number of halogens is 1. The highest BCUT2D eigenvalue weighted by atomic mass is 35.5. The van der Waals surface area contributed by atoms with E-state index in [2.05, 4.69) is 17.1 Å². The van der Waals surface area contributed by atoms with Crippen LogP contribution in [0.2, 0.25) is 5.02 Å². The van der Waals surface area contributed by atoms with Gasteiger partial charge in [-0.2, -0.15) is 0 Å². The van der Waals surface area contributed by atoms with Gasteiger partial charge in [-0.3, -0.25) is 9.69 Å². The molecule has 1 fully saturated rings. The molecule has 2 atom stereocenters. The SMILES string of the molecule is CCC1COCCN1C(C)C(=O)Nc1ccc(Cl)cc1N. The molecule has 0 aromatic heterocycles. The summed E-state index contributed by atoms with van der Waals surface area (Å²) in [5, 5.41) is 3.43. The number of ether oxygens (including phenoxy) is 1. The topological polar surface area (TPSA) is 67.6 Å². The Morgan fingerprint density at radius 2 is 2.38 bits per heavy atom. The van der Waals surface area contributed by atoms with Gasteiger partial charge in [-0.1, -0.05) is 18.5 Å². The van der Waals surface area contributed by atoms with Crippen LogP contribution in [0.3, 0.4) is 0 Å². The van der Waals surface area contributed by atoms with Crippen LogP contribution in [-0.2, 0) is 9.53 Å². The molecule has 0 spiro atoms. The molecule has 3 N–H and O–H groups in total. The number of nitrogens with one attached hydrogen (secondary N) is 1. The number of morpholine rings is 1. The number of rotatable bonds is 4. The average molecular weight is 312 g/mol. The third kappa shape index (κ3) is 3.87. The van der Waals surface area contributed by atoms with E-state index < -0.39 is 0 Å². The number of nitrogen functional groups attached to an aromatic ring is 1. The highest BCUT2D eigenvalue weighted by Crippen LogP contribution is 2.23. The number of nitrogens with zero attached hydrogens (tertiary/aromatic N) is 1. The van der Waals surface area contributed by atoms with E-state index in [0.717, 1.165) is 13.0 Å². The van der Waals surface area contributed by atoms with Crippen molar-refractivity contribution < 1.29 is 9.53 Å². The van der Waals surface area contributed by atoms with Crippen molar-refractivity contribution in [1.29, 1.82) is 0 Å². The van der Waals surface area contributed by atoms with Crippen molar-refractivity contribution in [3.63, 3.8) is 0 Å². The van der Waals surface area contributed by atoms with Gasteiger partial charge in [0, 0.05) is 17.6 Å². The molecule has 1 amide bonds. The summed E-state index contributed by atoms with van der Waals surface area (Å²) in [4.78, 5) is 14.6. The molecule has 6 heteroatoms. The Morgan fingerprint density at radius 3 is 3.05 bits per heavy atom. The summed E-state index contributed by atoms with van der Waals surface area (Å²) in [5.41, 5.74) is 6.93. The summed E-state index contributed by atoms with van der Waals surface area (Å²) in [6, 6.07) is 5.11. The number of carbonyl (C=O) groups excluding carboxylic acids is 1. The van der Waals surface area contributed by atoms with Gasteiger partial charge in [-0.15, -0.1) is 0 Å². The summed E-state index contributed by atoms with van der Waals surface area (Å²) in [6.07, 6.45) is 0.959. The predicted octanol–water partition coefficient (Wildman–Crippen LogP) is 2.36. The van der Waals surface area contributed by atoms with Crippen LogP contribution in [0.5, 0.6) is 0 Å². The Hall–Kier alpha value is -1.30. The fourth-order valence-electron chi connectivity index (χ4n) is 2.57. The Labute approximate surface area is 130 Å². The molecule has 0 radical (unpaired) electrons.